The zero-order valence-corrected chi connectivity index (χ0v) is 8.39. The number of rotatable bonds is 4. The van der Waals surface area contributed by atoms with E-state index in [1.54, 1.807) is 0 Å². The predicted molar refractivity (Wildman–Crippen MR) is 53.1 cm³/mol. The summed E-state index contributed by atoms with van der Waals surface area (Å²) in [6, 6.07) is 0. The number of hydrogen-bond acceptors (Lipinski definition) is 0. The van der Waals surface area contributed by atoms with Crippen molar-refractivity contribution in [2.75, 3.05) is 0 Å². The molecule has 2 fully saturated rings. The van der Waals surface area contributed by atoms with Gasteiger partial charge in [-0.15, -0.1) is 0 Å². The molecule has 0 N–H and O–H groups in total. The molecule has 0 heteroatoms. The molecule has 0 bridgehead atoms. The lowest BCUT2D eigenvalue weighted by Crippen LogP contribution is -2.07. The molecule has 0 spiro atoms. The van der Waals surface area contributed by atoms with E-state index < -0.39 is 0 Å². The van der Waals surface area contributed by atoms with E-state index in [9.17, 15) is 0 Å². The van der Waals surface area contributed by atoms with Crippen LogP contribution in [0.4, 0.5) is 0 Å². The first-order valence-electron chi connectivity index (χ1n) is 5.86. The van der Waals surface area contributed by atoms with Gasteiger partial charge in [0.15, 0.2) is 0 Å². The van der Waals surface area contributed by atoms with Gasteiger partial charge >= 0.3 is 0 Å². The molecule has 2 aliphatic carbocycles. The van der Waals surface area contributed by atoms with Gasteiger partial charge in [-0.1, -0.05) is 58.3 Å². The van der Waals surface area contributed by atoms with E-state index in [0.717, 1.165) is 17.8 Å². The van der Waals surface area contributed by atoms with Crippen molar-refractivity contribution >= 4 is 0 Å². The zero-order chi connectivity index (χ0) is 8.39. The highest BCUT2D eigenvalue weighted by Gasteiger charge is 2.25. The molecule has 0 radical (unpaired) electrons. The molecule has 0 aromatic rings. The van der Waals surface area contributed by atoms with Crippen molar-refractivity contribution < 1.29 is 0 Å². The van der Waals surface area contributed by atoms with Crippen LogP contribution in [0.1, 0.15) is 58.3 Å². The van der Waals surface area contributed by atoms with Gasteiger partial charge in [-0.3, -0.25) is 0 Å². The van der Waals surface area contributed by atoms with Crippen LogP contribution in [0.15, 0.2) is 0 Å². The molecule has 0 aromatic carbocycles. The monoisotopic (exact) mass is 166 g/mol. The summed E-state index contributed by atoms with van der Waals surface area (Å²) in [6.45, 7) is 2.48. The van der Waals surface area contributed by atoms with Crippen molar-refractivity contribution in [3.63, 3.8) is 0 Å². The molecule has 0 amide bonds. The molecule has 0 heterocycles. The molecule has 2 saturated carbocycles. The minimum Gasteiger partial charge on any atom is -0.0622 e. The Morgan fingerprint density at radius 1 is 1.08 bits per heavy atom. The summed E-state index contributed by atoms with van der Waals surface area (Å²) >= 11 is 0. The maximum atomic E-state index is 2.48. The van der Waals surface area contributed by atoms with Crippen LogP contribution in [0.3, 0.4) is 0 Å². The molecule has 2 aliphatic rings. The second-order valence-electron chi connectivity index (χ2n) is 5.04. The third-order valence-electron chi connectivity index (χ3n) is 3.93. The second kappa shape index (κ2) is 3.81. The Morgan fingerprint density at radius 2 is 1.75 bits per heavy atom. The lowest BCUT2D eigenvalue weighted by atomic mass is 9.88. The average molecular weight is 166 g/mol. The van der Waals surface area contributed by atoms with Crippen molar-refractivity contribution in [1.29, 1.82) is 0 Å². The number of hydrogen-bond donors (Lipinski definition) is 0. The molecule has 0 aliphatic heterocycles. The van der Waals surface area contributed by atoms with Crippen molar-refractivity contribution in [1.82, 2.24) is 0 Å². The Morgan fingerprint density at radius 3 is 2.33 bits per heavy atom. The molecule has 2 rings (SSSR count). The van der Waals surface area contributed by atoms with Gasteiger partial charge in [0.25, 0.3) is 0 Å². The molecule has 12 heavy (non-hydrogen) atoms. The fourth-order valence-electron chi connectivity index (χ4n) is 2.67. The molecule has 1 unspecified atom stereocenters. The van der Waals surface area contributed by atoms with E-state index in [0.29, 0.717) is 0 Å². The maximum absolute atomic E-state index is 2.48. The highest BCUT2D eigenvalue weighted by Crippen LogP contribution is 2.38. The van der Waals surface area contributed by atoms with E-state index >= 15 is 0 Å². The smallest absolute Gasteiger partial charge is 0.0388 e. The summed E-state index contributed by atoms with van der Waals surface area (Å²) in [4.78, 5) is 0. The summed E-state index contributed by atoms with van der Waals surface area (Å²) in [7, 11) is 0. The first kappa shape index (κ1) is 8.59. The van der Waals surface area contributed by atoms with Crippen LogP contribution in [0.5, 0.6) is 0 Å². The van der Waals surface area contributed by atoms with Gasteiger partial charge in [0.2, 0.25) is 0 Å². The van der Waals surface area contributed by atoms with Crippen molar-refractivity contribution in [3.05, 3.63) is 0 Å². The Kier molecular flexibility index (Phi) is 2.73. The molecule has 0 nitrogen and oxygen atoms in total. The minimum atomic E-state index is 1.04. The molecular formula is C12H22. The average Bonchev–Trinajstić information content (AvgIpc) is 2.74. The summed E-state index contributed by atoms with van der Waals surface area (Å²) in [5.74, 6) is 3.28. The Balaban J connectivity index is 1.64. The molecular weight excluding hydrogens is 144 g/mol. The molecule has 0 saturated heterocycles. The largest absolute Gasteiger partial charge is 0.0622 e. The third kappa shape index (κ3) is 2.24. The Bertz CT molecular complexity index is 129. The summed E-state index contributed by atoms with van der Waals surface area (Å²) < 4.78 is 0. The van der Waals surface area contributed by atoms with Gasteiger partial charge < -0.3 is 0 Å². The lowest BCUT2D eigenvalue weighted by Gasteiger charge is -2.18. The van der Waals surface area contributed by atoms with Crippen molar-refractivity contribution in [2.45, 2.75) is 58.3 Å². The second-order valence-corrected chi connectivity index (χ2v) is 5.04. The van der Waals surface area contributed by atoms with Gasteiger partial charge in [0, 0.05) is 0 Å². The van der Waals surface area contributed by atoms with Gasteiger partial charge in [-0.25, -0.2) is 0 Å². The van der Waals surface area contributed by atoms with Crippen LogP contribution >= 0.6 is 0 Å². The maximum Gasteiger partial charge on any atom is -0.0388 e. The van der Waals surface area contributed by atoms with Crippen LogP contribution in [-0.2, 0) is 0 Å². The molecule has 1 atom stereocenters. The van der Waals surface area contributed by atoms with Crippen molar-refractivity contribution in [3.8, 4) is 0 Å². The van der Waals surface area contributed by atoms with Crippen LogP contribution in [0.25, 0.3) is 0 Å². The van der Waals surface area contributed by atoms with Crippen LogP contribution < -0.4 is 0 Å². The highest BCUT2D eigenvalue weighted by molar-refractivity contribution is 4.77. The van der Waals surface area contributed by atoms with E-state index in [1.165, 1.54) is 51.4 Å². The van der Waals surface area contributed by atoms with E-state index in [2.05, 4.69) is 6.92 Å². The van der Waals surface area contributed by atoms with Gasteiger partial charge in [-0.2, -0.15) is 0 Å². The SMILES string of the molecule is CC(CCC1CC1)C1CCCC1. The van der Waals surface area contributed by atoms with Crippen molar-refractivity contribution in [2.24, 2.45) is 17.8 Å². The quantitative estimate of drug-likeness (QED) is 0.592. The Hall–Kier alpha value is 0. The highest BCUT2D eigenvalue weighted by atomic mass is 14.3. The predicted octanol–water partition coefficient (Wildman–Crippen LogP) is 4.00. The first-order valence-corrected chi connectivity index (χ1v) is 5.86. The summed E-state index contributed by atoms with van der Waals surface area (Å²) in [5.41, 5.74) is 0. The minimum absolute atomic E-state index is 1.04. The zero-order valence-electron chi connectivity index (χ0n) is 8.39. The van der Waals surface area contributed by atoms with Crippen LogP contribution in [-0.4, -0.2) is 0 Å². The summed E-state index contributed by atoms with van der Waals surface area (Å²) in [6.07, 6.45) is 12.2. The van der Waals surface area contributed by atoms with E-state index in [1.807, 2.05) is 0 Å². The topological polar surface area (TPSA) is 0 Å². The van der Waals surface area contributed by atoms with Crippen LogP contribution in [0, 0.1) is 17.8 Å². The Labute approximate surface area is 76.7 Å². The van der Waals surface area contributed by atoms with E-state index in [-0.39, 0.29) is 0 Å². The fraction of sp³-hybridized carbons (Fsp3) is 1.00. The fourth-order valence-corrected chi connectivity index (χ4v) is 2.67. The van der Waals surface area contributed by atoms with Crippen LogP contribution in [0.2, 0.25) is 0 Å². The summed E-state index contributed by atoms with van der Waals surface area (Å²) in [5, 5.41) is 0. The normalized spacial score (nSPS) is 27.8. The molecule has 0 aromatic heterocycles. The lowest BCUT2D eigenvalue weighted by molar-refractivity contribution is 0.332. The standard InChI is InChI=1S/C12H22/c1-10(6-7-11-8-9-11)12-4-2-3-5-12/h10-12H,2-9H2,1H3. The molecule has 70 valence electrons. The van der Waals surface area contributed by atoms with Gasteiger partial charge in [0.05, 0.1) is 0 Å². The first-order chi connectivity index (χ1) is 5.86. The van der Waals surface area contributed by atoms with Gasteiger partial charge in [-0.05, 0) is 17.8 Å². The van der Waals surface area contributed by atoms with Gasteiger partial charge in [0.1, 0.15) is 0 Å². The third-order valence-corrected chi connectivity index (χ3v) is 3.93. The van der Waals surface area contributed by atoms with E-state index in [4.69, 9.17) is 0 Å².